The van der Waals surface area contributed by atoms with E-state index in [1.165, 1.54) is 11.1 Å². The molecule has 0 spiro atoms. The third-order valence-corrected chi connectivity index (χ3v) is 11.5. The number of fused-ring (bicyclic) bond motifs is 8. The highest BCUT2D eigenvalue weighted by molar-refractivity contribution is 5.59. The van der Waals surface area contributed by atoms with E-state index < -0.39 is 0 Å². The Hall–Kier alpha value is -4.70. The van der Waals surface area contributed by atoms with Gasteiger partial charge in [0.1, 0.15) is 29.6 Å². The third kappa shape index (κ3) is 8.80. The largest absolute Gasteiger partial charge is 0.507 e. The normalized spacial score (nSPS) is 13.8. The monoisotopic (exact) mass is 752 g/mol. The number of aromatic hydroxyl groups is 3. The molecule has 5 aromatic rings. The molecule has 3 N–H and O–H groups in total. The molecule has 4 heteroatoms. The molecule has 0 amide bonds. The summed E-state index contributed by atoms with van der Waals surface area (Å²) in [6, 6.07) is 25.6. The Labute approximate surface area is 336 Å². The zero-order chi connectivity index (χ0) is 41.1. The smallest absolute Gasteiger partial charge is 0.126 e. The number of phenolic OH excluding ortho intramolecular Hbond substituents is 3. The van der Waals surface area contributed by atoms with Crippen molar-refractivity contribution in [2.75, 3.05) is 0 Å². The molecular weight excluding hydrogens is 689 g/mol. The lowest BCUT2D eigenvalue weighted by Crippen LogP contribution is -2.16. The average molecular weight is 753 g/mol. The summed E-state index contributed by atoms with van der Waals surface area (Å²) in [7, 11) is 0. The first-order valence-electron chi connectivity index (χ1n) is 20.3. The van der Waals surface area contributed by atoms with Gasteiger partial charge in [-0.05, 0) is 101 Å². The Morgan fingerprint density at radius 1 is 0.429 bits per heavy atom. The first kappa shape index (κ1) is 40.9. The molecule has 8 bridgehead atoms. The van der Waals surface area contributed by atoms with Crippen LogP contribution in [0.2, 0.25) is 0 Å². The van der Waals surface area contributed by atoms with Gasteiger partial charge >= 0.3 is 0 Å². The maximum Gasteiger partial charge on any atom is 0.126 e. The van der Waals surface area contributed by atoms with Gasteiger partial charge in [0.25, 0.3) is 0 Å². The van der Waals surface area contributed by atoms with Crippen molar-refractivity contribution in [3.63, 3.8) is 0 Å². The topological polar surface area (TPSA) is 69.9 Å². The summed E-state index contributed by atoms with van der Waals surface area (Å²) in [5.41, 5.74) is 12.7. The van der Waals surface area contributed by atoms with Gasteiger partial charge in [0, 0.05) is 25.7 Å². The molecule has 56 heavy (non-hydrogen) atoms. The van der Waals surface area contributed by atoms with Gasteiger partial charge in [-0.15, -0.1) is 0 Å². The second-order valence-corrected chi connectivity index (χ2v) is 20.5. The molecule has 0 radical (unpaired) electrons. The van der Waals surface area contributed by atoms with Crippen molar-refractivity contribution in [2.24, 2.45) is 0 Å². The summed E-state index contributed by atoms with van der Waals surface area (Å²) in [5, 5.41) is 36.7. The third-order valence-electron chi connectivity index (χ3n) is 11.5. The van der Waals surface area contributed by atoms with E-state index in [1.54, 1.807) is 0 Å². The van der Waals surface area contributed by atoms with Gasteiger partial charge in [0.2, 0.25) is 0 Å². The van der Waals surface area contributed by atoms with Crippen molar-refractivity contribution in [3.8, 4) is 23.0 Å². The molecular formula is C52H64O4. The second-order valence-electron chi connectivity index (χ2n) is 20.5. The number of hydrogen-bond acceptors (Lipinski definition) is 4. The molecule has 6 rings (SSSR count). The van der Waals surface area contributed by atoms with Gasteiger partial charge in [-0.3, -0.25) is 0 Å². The Morgan fingerprint density at radius 3 is 1.00 bits per heavy atom. The fourth-order valence-corrected chi connectivity index (χ4v) is 7.80. The van der Waals surface area contributed by atoms with E-state index >= 15 is 0 Å². The summed E-state index contributed by atoms with van der Waals surface area (Å²) in [5.74, 6) is 1.49. The van der Waals surface area contributed by atoms with Gasteiger partial charge in [-0.1, -0.05) is 161 Å². The molecule has 4 nitrogen and oxygen atoms in total. The fraction of sp³-hybridized carbons (Fsp3) is 0.423. The summed E-state index contributed by atoms with van der Waals surface area (Å²) in [6.45, 7) is 28.9. The number of benzene rings is 5. The standard InChI is InChI=1S/C52H64O4/c1-31-15-14-16-32(17-31)30-56-48-39-20-37-26-42(50(5,6)7)24-35(46(37)54)18-33-22-41(49(2,3)4)23-34(45(33)53)19-36-25-43(51(8,9)10)27-38(47(36)55)21-40(48)29-44(28-39)52(11,12)13/h14-17,22-29,53-55H,18-21,30H2,1-13H3. The molecule has 0 saturated carbocycles. The molecule has 0 fully saturated rings. The zero-order valence-corrected chi connectivity index (χ0v) is 36.2. The van der Waals surface area contributed by atoms with E-state index in [-0.39, 0.29) is 38.9 Å². The Balaban J connectivity index is 1.70. The minimum Gasteiger partial charge on any atom is -0.507 e. The Morgan fingerprint density at radius 2 is 0.714 bits per heavy atom. The van der Waals surface area contributed by atoms with Gasteiger partial charge in [0.15, 0.2) is 0 Å². The molecule has 1 aliphatic carbocycles. The minimum absolute atomic E-state index is 0.175. The molecule has 0 aromatic heterocycles. The highest BCUT2D eigenvalue weighted by Gasteiger charge is 2.28. The molecule has 5 aromatic carbocycles. The van der Waals surface area contributed by atoms with Crippen molar-refractivity contribution >= 4 is 0 Å². The van der Waals surface area contributed by atoms with Crippen LogP contribution in [0.25, 0.3) is 0 Å². The van der Waals surface area contributed by atoms with Crippen LogP contribution in [0.1, 0.15) is 161 Å². The summed E-state index contributed by atoms with van der Waals surface area (Å²) < 4.78 is 6.94. The summed E-state index contributed by atoms with van der Waals surface area (Å²) >= 11 is 0. The molecule has 1 aliphatic rings. The average Bonchev–Trinajstić information content (AvgIpc) is 3.07. The van der Waals surface area contributed by atoms with Gasteiger partial charge in [-0.2, -0.15) is 0 Å². The lowest BCUT2D eigenvalue weighted by atomic mass is 9.79. The number of aryl methyl sites for hydroxylation is 1. The van der Waals surface area contributed by atoms with Crippen molar-refractivity contribution < 1.29 is 20.1 Å². The molecule has 0 heterocycles. The number of ether oxygens (including phenoxy) is 1. The summed E-state index contributed by atoms with van der Waals surface area (Å²) in [4.78, 5) is 0. The highest BCUT2D eigenvalue weighted by atomic mass is 16.5. The van der Waals surface area contributed by atoms with E-state index in [0.29, 0.717) is 32.3 Å². The van der Waals surface area contributed by atoms with Crippen LogP contribution in [-0.2, 0) is 54.0 Å². The fourth-order valence-electron chi connectivity index (χ4n) is 7.80. The lowest BCUT2D eigenvalue weighted by Gasteiger charge is -2.27. The van der Waals surface area contributed by atoms with Crippen LogP contribution in [0.15, 0.2) is 72.8 Å². The predicted molar refractivity (Wildman–Crippen MR) is 232 cm³/mol. The van der Waals surface area contributed by atoms with Crippen LogP contribution in [0.5, 0.6) is 23.0 Å². The second kappa shape index (κ2) is 14.7. The first-order chi connectivity index (χ1) is 25.9. The van der Waals surface area contributed by atoms with Crippen LogP contribution in [0.3, 0.4) is 0 Å². The molecule has 0 saturated heterocycles. The van der Waals surface area contributed by atoms with Crippen LogP contribution < -0.4 is 4.74 Å². The Kier molecular flexibility index (Phi) is 10.7. The summed E-state index contributed by atoms with van der Waals surface area (Å²) in [6.07, 6.45) is 1.60. The zero-order valence-electron chi connectivity index (χ0n) is 36.2. The van der Waals surface area contributed by atoms with Gasteiger partial charge in [-0.25, -0.2) is 0 Å². The van der Waals surface area contributed by atoms with Crippen LogP contribution >= 0.6 is 0 Å². The van der Waals surface area contributed by atoms with E-state index in [0.717, 1.165) is 72.5 Å². The van der Waals surface area contributed by atoms with Crippen molar-refractivity contribution in [3.05, 3.63) is 151 Å². The SMILES string of the molecule is Cc1cccc(COc2c3cc(C(C)(C)C)cc2Cc2cc(C(C)(C)C)cc(c2O)Cc2cc(C(C)(C)C)cc(c2O)Cc2cc(C(C)(C)C)cc(c2O)C3)c1. The highest BCUT2D eigenvalue weighted by Crippen LogP contribution is 2.43. The maximum atomic E-state index is 12.3. The van der Waals surface area contributed by atoms with E-state index in [9.17, 15) is 15.3 Å². The molecule has 0 unspecified atom stereocenters. The van der Waals surface area contributed by atoms with Gasteiger partial charge in [0.05, 0.1) is 0 Å². The van der Waals surface area contributed by atoms with Crippen LogP contribution in [0, 0.1) is 6.92 Å². The van der Waals surface area contributed by atoms with Crippen molar-refractivity contribution in [2.45, 2.75) is 144 Å². The van der Waals surface area contributed by atoms with Crippen molar-refractivity contribution in [1.82, 2.24) is 0 Å². The number of hydrogen-bond donors (Lipinski definition) is 3. The van der Waals surface area contributed by atoms with E-state index in [1.807, 2.05) is 0 Å². The number of phenols is 3. The molecule has 296 valence electrons. The predicted octanol–water partition coefficient (Wildman–Crippen LogP) is 12.6. The van der Waals surface area contributed by atoms with Crippen molar-refractivity contribution in [1.29, 1.82) is 0 Å². The van der Waals surface area contributed by atoms with Crippen LogP contribution in [0.4, 0.5) is 0 Å². The molecule has 0 atom stereocenters. The van der Waals surface area contributed by atoms with Crippen LogP contribution in [-0.4, -0.2) is 15.3 Å². The van der Waals surface area contributed by atoms with E-state index in [4.69, 9.17) is 4.74 Å². The Bertz CT molecular complexity index is 2160. The first-order valence-corrected chi connectivity index (χ1v) is 20.3. The maximum absolute atomic E-state index is 12.3. The lowest BCUT2D eigenvalue weighted by molar-refractivity contribution is 0.300. The van der Waals surface area contributed by atoms with Gasteiger partial charge < -0.3 is 20.1 Å². The quantitative estimate of drug-likeness (QED) is 0.168. The minimum atomic E-state index is -0.193. The molecule has 0 aliphatic heterocycles. The number of rotatable bonds is 3. The van der Waals surface area contributed by atoms with E-state index in [2.05, 4.69) is 163 Å².